The lowest BCUT2D eigenvalue weighted by Crippen LogP contribution is -2.38. The molecule has 0 amide bonds. The highest BCUT2D eigenvalue weighted by Crippen LogP contribution is 2.28. The Labute approximate surface area is 120 Å². The van der Waals surface area contributed by atoms with Gasteiger partial charge in [0, 0.05) is 19.6 Å². The Balaban J connectivity index is 0.00000256. The van der Waals surface area contributed by atoms with Gasteiger partial charge in [0.05, 0.1) is 13.5 Å². The molecule has 0 aromatic rings. The molecule has 0 aliphatic heterocycles. The highest BCUT2D eigenvalue weighted by Gasteiger charge is 2.20. The van der Waals surface area contributed by atoms with Gasteiger partial charge in [0.25, 0.3) is 0 Å². The fraction of sp³-hybridized carbons (Fsp3) is 0.818. The number of halogens is 1. The van der Waals surface area contributed by atoms with Crippen LogP contribution in [0.4, 0.5) is 0 Å². The summed E-state index contributed by atoms with van der Waals surface area (Å²) < 4.78 is 4.56. The molecule has 0 aromatic carbocycles. The summed E-state index contributed by atoms with van der Waals surface area (Å²) in [5.41, 5.74) is 0. The molecule has 6 heteroatoms. The minimum atomic E-state index is -0.203. The van der Waals surface area contributed by atoms with Crippen molar-refractivity contribution >= 4 is 35.9 Å². The van der Waals surface area contributed by atoms with Crippen molar-refractivity contribution in [1.82, 2.24) is 10.6 Å². The molecule has 0 radical (unpaired) electrons. The van der Waals surface area contributed by atoms with Crippen molar-refractivity contribution in [3.63, 3.8) is 0 Å². The van der Waals surface area contributed by atoms with Gasteiger partial charge in [0.1, 0.15) is 0 Å². The average Bonchev–Trinajstić information content (AvgIpc) is 3.09. The van der Waals surface area contributed by atoms with Crippen molar-refractivity contribution in [3.05, 3.63) is 0 Å². The number of hydrogen-bond acceptors (Lipinski definition) is 3. The van der Waals surface area contributed by atoms with Gasteiger partial charge in [0.2, 0.25) is 0 Å². The number of carbonyl (C=O) groups excluding carboxylic acids is 1. The van der Waals surface area contributed by atoms with E-state index < -0.39 is 0 Å². The molecule has 1 aliphatic carbocycles. The van der Waals surface area contributed by atoms with Crippen LogP contribution in [-0.4, -0.2) is 38.7 Å². The maximum absolute atomic E-state index is 10.9. The molecule has 17 heavy (non-hydrogen) atoms. The maximum Gasteiger partial charge on any atom is 0.307 e. The van der Waals surface area contributed by atoms with E-state index in [1.165, 1.54) is 20.0 Å². The largest absolute Gasteiger partial charge is 0.469 e. The lowest BCUT2D eigenvalue weighted by atomic mass is 10.4. The molecule has 2 N–H and O–H groups in total. The molecule has 0 atom stereocenters. The molecular weight excluding hydrogens is 333 g/mol. The molecule has 0 aromatic heterocycles. The Hall–Kier alpha value is -0.530. The minimum Gasteiger partial charge on any atom is -0.469 e. The molecular formula is C11H22IN3O2. The van der Waals surface area contributed by atoms with E-state index in [-0.39, 0.29) is 29.9 Å². The number of rotatable bonds is 6. The number of methoxy groups -OCH3 is 1. The third kappa shape index (κ3) is 8.23. The number of aliphatic imine (C=N–C) groups is 1. The van der Waals surface area contributed by atoms with E-state index in [4.69, 9.17) is 0 Å². The minimum absolute atomic E-state index is 0. The molecule has 0 unspecified atom stereocenters. The summed E-state index contributed by atoms with van der Waals surface area (Å²) in [6.45, 7) is 4.29. The maximum atomic E-state index is 10.9. The van der Waals surface area contributed by atoms with E-state index in [0.717, 1.165) is 25.0 Å². The highest BCUT2D eigenvalue weighted by atomic mass is 127. The average molecular weight is 355 g/mol. The summed E-state index contributed by atoms with van der Waals surface area (Å²) in [4.78, 5) is 15.3. The van der Waals surface area contributed by atoms with Gasteiger partial charge in [-0.1, -0.05) is 0 Å². The standard InChI is InChI=1S/C11H21N3O2.HI/c1-3-12-11(14-8-9-4-5-9)13-7-6-10(15)16-2;/h9H,3-8H2,1-2H3,(H2,12,13,14);1H. The van der Waals surface area contributed by atoms with Gasteiger partial charge in [0.15, 0.2) is 5.96 Å². The van der Waals surface area contributed by atoms with Crippen LogP contribution in [0.5, 0.6) is 0 Å². The van der Waals surface area contributed by atoms with Crippen LogP contribution in [0.15, 0.2) is 4.99 Å². The monoisotopic (exact) mass is 355 g/mol. The zero-order chi connectivity index (χ0) is 11.8. The third-order valence-electron chi connectivity index (χ3n) is 2.40. The number of nitrogens with zero attached hydrogens (tertiary/aromatic N) is 1. The molecule has 1 fully saturated rings. The normalized spacial score (nSPS) is 14.8. The molecule has 0 bridgehead atoms. The van der Waals surface area contributed by atoms with Crippen molar-refractivity contribution < 1.29 is 9.53 Å². The summed E-state index contributed by atoms with van der Waals surface area (Å²) in [6.07, 6.45) is 2.96. The van der Waals surface area contributed by atoms with Crippen molar-refractivity contribution in [2.75, 3.05) is 26.7 Å². The van der Waals surface area contributed by atoms with Crippen LogP contribution < -0.4 is 10.6 Å². The molecule has 0 spiro atoms. The van der Waals surface area contributed by atoms with Crippen molar-refractivity contribution in [2.45, 2.75) is 26.2 Å². The number of carbonyl (C=O) groups is 1. The second-order valence-electron chi connectivity index (χ2n) is 3.92. The number of hydrogen-bond donors (Lipinski definition) is 2. The van der Waals surface area contributed by atoms with Gasteiger partial charge in [-0.2, -0.15) is 0 Å². The Morgan fingerprint density at radius 1 is 1.41 bits per heavy atom. The summed E-state index contributed by atoms with van der Waals surface area (Å²) in [7, 11) is 1.40. The zero-order valence-corrected chi connectivity index (χ0v) is 12.8. The first-order valence-electron chi connectivity index (χ1n) is 5.85. The summed E-state index contributed by atoms with van der Waals surface area (Å²) in [5.74, 6) is 1.36. The molecule has 1 rings (SSSR count). The Kier molecular flexibility index (Phi) is 9.20. The predicted molar refractivity (Wildman–Crippen MR) is 78.8 cm³/mol. The van der Waals surface area contributed by atoms with E-state index in [9.17, 15) is 4.79 Å². The second kappa shape index (κ2) is 9.49. The van der Waals surface area contributed by atoms with E-state index in [2.05, 4.69) is 20.4 Å². The third-order valence-corrected chi connectivity index (χ3v) is 2.40. The van der Waals surface area contributed by atoms with Gasteiger partial charge in [-0.25, -0.2) is 0 Å². The van der Waals surface area contributed by atoms with Crippen LogP contribution in [0.3, 0.4) is 0 Å². The Morgan fingerprint density at radius 2 is 2.12 bits per heavy atom. The lowest BCUT2D eigenvalue weighted by molar-refractivity contribution is -0.140. The zero-order valence-electron chi connectivity index (χ0n) is 10.5. The Bertz CT molecular complexity index is 255. The smallest absolute Gasteiger partial charge is 0.307 e. The lowest BCUT2D eigenvalue weighted by Gasteiger charge is -2.10. The summed E-state index contributed by atoms with van der Waals surface area (Å²) in [6, 6.07) is 0. The predicted octanol–water partition coefficient (Wildman–Crippen LogP) is 1.13. The topological polar surface area (TPSA) is 62.7 Å². The first-order chi connectivity index (χ1) is 7.76. The van der Waals surface area contributed by atoms with Crippen LogP contribution in [-0.2, 0) is 9.53 Å². The van der Waals surface area contributed by atoms with Gasteiger partial charge in [-0.05, 0) is 25.7 Å². The first kappa shape index (κ1) is 16.5. The quantitative estimate of drug-likeness (QED) is 0.325. The molecule has 1 aliphatic rings. The first-order valence-corrected chi connectivity index (χ1v) is 5.85. The highest BCUT2D eigenvalue weighted by molar-refractivity contribution is 14.0. The van der Waals surface area contributed by atoms with Crippen LogP contribution >= 0.6 is 24.0 Å². The second-order valence-corrected chi connectivity index (χ2v) is 3.92. The van der Waals surface area contributed by atoms with E-state index in [1.807, 2.05) is 6.92 Å². The van der Waals surface area contributed by atoms with Gasteiger partial charge in [-0.3, -0.25) is 9.79 Å². The van der Waals surface area contributed by atoms with E-state index in [0.29, 0.717) is 13.0 Å². The van der Waals surface area contributed by atoms with E-state index >= 15 is 0 Å². The van der Waals surface area contributed by atoms with Crippen LogP contribution in [0.2, 0.25) is 0 Å². The molecule has 0 heterocycles. The summed E-state index contributed by atoms with van der Waals surface area (Å²) in [5, 5.41) is 6.25. The van der Waals surface area contributed by atoms with Gasteiger partial charge < -0.3 is 15.4 Å². The Morgan fingerprint density at radius 3 is 2.65 bits per heavy atom. The number of nitrogens with one attached hydrogen (secondary N) is 2. The van der Waals surface area contributed by atoms with Crippen LogP contribution in [0.1, 0.15) is 26.2 Å². The van der Waals surface area contributed by atoms with Gasteiger partial charge >= 0.3 is 5.97 Å². The van der Waals surface area contributed by atoms with Crippen LogP contribution in [0.25, 0.3) is 0 Å². The molecule has 0 saturated heterocycles. The molecule has 100 valence electrons. The number of esters is 1. The van der Waals surface area contributed by atoms with Crippen molar-refractivity contribution in [1.29, 1.82) is 0 Å². The van der Waals surface area contributed by atoms with Gasteiger partial charge in [-0.15, -0.1) is 24.0 Å². The van der Waals surface area contributed by atoms with Crippen LogP contribution in [0, 0.1) is 5.92 Å². The van der Waals surface area contributed by atoms with E-state index in [1.54, 1.807) is 0 Å². The fourth-order valence-corrected chi connectivity index (χ4v) is 1.25. The number of ether oxygens (including phenoxy) is 1. The molecule has 1 saturated carbocycles. The molecule has 5 nitrogen and oxygen atoms in total. The van der Waals surface area contributed by atoms with Crippen molar-refractivity contribution in [2.24, 2.45) is 10.9 Å². The SMILES string of the molecule is CCNC(=NCC1CC1)NCCC(=O)OC.I. The number of guanidine groups is 1. The fourth-order valence-electron chi connectivity index (χ4n) is 1.25. The van der Waals surface area contributed by atoms with Crippen molar-refractivity contribution in [3.8, 4) is 0 Å². The summed E-state index contributed by atoms with van der Waals surface area (Å²) >= 11 is 0.